The summed E-state index contributed by atoms with van der Waals surface area (Å²) in [6.07, 6.45) is 0.204. The molecule has 2 amide bonds. The zero-order chi connectivity index (χ0) is 25.7. The van der Waals surface area contributed by atoms with Crippen LogP contribution < -0.4 is 19.7 Å². The fraction of sp³-hybridized carbons (Fsp3) is 0.222. The van der Waals surface area contributed by atoms with Gasteiger partial charge in [-0.25, -0.2) is 4.79 Å². The van der Waals surface area contributed by atoms with Gasteiger partial charge in [-0.2, -0.15) is 0 Å². The quantitative estimate of drug-likeness (QED) is 0.464. The first-order valence-electron chi connectivity index (χ1n) is 11.2. The first kappa shape index (κ1) is 25.1. The highest BCUT2D eigenvalue weighted by Gasteiger charge is 2.31. The molecule has 1 atom stereocenters. The van der Waals surface area contributed by atoms with Crippen molar-refractivity contribution in [3.63, 3.8) is 0 Å². The number of thioether (sulfide) groups is 1. The van der Waals surface area contributed by atoms with E-state index in [1.165, 1.54) is 12.0 Å². The molecule has 4 rings (SSSR count). The Morgan fingerprint density at radius 3 is 2.39 bits per heavy atom. The van der Waals surface area contributed by atoms with E-state index >= 15 is 0 Å². The van der Waals surface area contributed by atoms with Crippen LogP contribution in [0.25, 0.3) is 0 Å². The van der Waals surface area contributed by atoms with Crippen molar-refractivity contribution in [3.8, 4) is 11.5 Å². The molecule has 8 nitrogen and oxygen atoms in total. The number of amides is 2. The molecule has 9 heteroatoms. The number of carbonyl (C=O) groups excluding carboxylic acids is 3. The number of ether oxygens (including phenoxy) is 3. The minimum atomic E-state index is -0.457. The Hall–Kier alpha value is -3.98. The van der Waals surface area contributed by atoms with Gasteiger partial charge in [-0.1, -0.05) is 18.2 Å². The van der Waals surface area contributed by atoms with Crippen LogP contribution in [0.1, 0.15) is 27.6 Å². The van der Waals surface area contributed by atoms with Gasteiger partial charge in [0.25, 0.3) is 0 Å². The number of esters is 1. The smallest absolute Gasteiger partial charge is 0.337 e. The summed E-state index contributed by atoms with van der Waals surface area (Å²) in [5.41, 5.74) is 2.51. The summed E-state index contributed by atoms with van der Waals surface area (Å²) in [7, 11) is 4.46. The minimum absolute atomic E-state index is 0.145. The summed E-state index contributed by atoms with van der Waals surface area (Å²) >= 11 is 1.57. The summed E-state index contributed by atoms with van der Waals surface area (Å²) in [4.78, 5) is 40.3. The highest BCUT2D eigenvalue weighted by Crippen LogP contribution is 2.46. The molecule has 0 saturated carbocycles. The maximum Gasteiger partial charge on any atom is 0.337 e. The number of para-hydroxylation sites is 1. The third-order valence-electron chi connectivity index (χ3n) is 5.76. The van der Waals surface area contributed by atoms with E-state index < -0.39 is 5.97 Å². The SMILES string of the molecule is COC(=O)c1ccc(NC(=O)CN2C(=O)CC(c3ccc(OC)c(OC)c3)Sc3ccccc32)cc1. The average Bonchev–Trinajstić information content (AvgIpc) is 3.04. The predicted octanol–water partition coefficient (Wildman–Crippen LogP) is 4.70. The highest BCUT2D eigenvalue weighted by molar-refractivity contribution is 7.99. The van der Waals surface area contributed by atoms with E-state index in [-0.39, 0.29) is 30.0 Å². The number of anilines is 2. The van der Waals surface area contributed by atoms with Crippen molar-refractivity contribution >= 4 is 40.9 Å². The van der Waals surface area contributed by atoms with Crippen LogP contribution >= 0.6 is 11.8 Å². The van der Waals surface area contributed by atoms with Crippen LogP contribution in [0.4, 0.5) is 11.4 Å². The largest absolute Gasteiger partial charge is 0.493 e. The van der Waals surface area contributed by atoms with Crippen molar-refractivity contribution in [1.82, 2.24) is 0 Å². The number of hydrogen-bond acceptors (Lipinski definition) is 7. The van der Waals surface area contributed by atoms with Crippen LogP contribution in [0.15, 0.2) is 71.6 Å². The number of rotatable bonds is 7. The molecule has 1 heterocycles. The first-order valence-corrected chi connectivity index (χ1v) is 12.1. The predicted molar refractivity (Wildman–Crippen MR) is 138 cm³/mol. The van der Waals surface area contributed by atoms with Crippen molar-refractivity contribution in [1.29, 1.82) is 0 Å². The number of carbonyl (C=O) groups is 3. The highest BCUT2D eigenvalue weighted by atomic mass is 32.2. The molecule has 3 aromatic carbocycles. The van der Waals surface area contributed by atoms with Gasteiger partial charge in [0.05, 0.1) is 32.6 Å². The molecule has 0 spiro atoms. The zero-order valence-electron chi connectivity index (χ0n) is 20.1. The maximum absolute atomic E-state index is 13.4. The summed E-state index contributed by atoms with van der Waals surface area (Å²) in [6.45, 7) is -0.145. The molecule has 1 N–H and O–H groups in total. The minimum Gasteiger partial charge on any atom is -0.493 e. The van der Waals surface area contributed by atoms with E-state index in [0.717, 1.165) is 10.5 Å². The molecule has 0 bridgehead atoms. The van der Waals surface area contributed by atoms with Crippen molar-refractivity contribution in [3.05, 3.63) is 77.9 Å². The molecule has 0 fully saturated rings. The van der Waals surface area contributed by atoms with Crippen molar-refractivity contribution in [2.24, 2.45) is 0 Å². The van der Waals surface area contributed by atoms with Crippen molar-refractivity contribution < 1.29 is 28.6 Å². The number of methoxy groups -OCH3 is 3. The number of hydrogen-bond donors (Lipinski definition) is 1. The summed E-state index contributed by atoms with van der Waals surface area (Å²) in [6, 6.07) is 19.5. The zero-order valence-corrected chi connectivity index (χ0v) is 21.0. The van der Waals surface area contributed by atoms with Gasteiger partial charge in [0.15, 0.2) is 11.5 Å². The van der Waals surface area contributed by atoms with Crippen molar-refractivity contribution in [2.45, 2.75) is 16.6 Å². The average molecular weight is 507 g/mol. The van der Waals surface area contributed by atoms with E-state index in [4.69, 9.17) is 14.2 Å². The summed E-state index contributed by atoms with van der Waals surface area (Å²) in [5.74, 6) is 0.239. The number of nitrogens with zero attached hydrogens (tertiary/aromatic N) is 1. The van der Waals surface area contributed by atoms with E-state index in [2.05, 4.69) is 5.32 Å². The molecule has 1 aliphatic heterocycles. The summed E-state index contributed by atoms with van der Waals surface area (Å²) < 4.78 is 15.5. The number of nitrogens with one attached hydrogen (secondary N) is 1. The van der Waals surface area contributed by atoms with E-state index in [9.17, 15) is 14.4 Å². The second kappa shape index (κ2) is 11.2. The molecule has 0 aliphatic carbocycles. The third-order valence-corrected chi connectivity index (χ3v) is 7.08. The van der Waals surface area contributed by atoms with Gasteiger partial charge in [-0.3, -0.25) is 9.59 Å². The Balaban J connectivity index is 1.54. The summed E-state index contributed by atoms with van der Waals surface area (Å²) in [5, 5.41) is 2.62. The molecule has 186 valence electrons. The molecular weight excluding hydrogens is 480 g/mol. The van der Waals surface area contributed by atoms with Crippen LogP contribution in [0, 0.1) is 0 Å². The fourth-order valence-corrected chi connectivity index (χ4v) is 5.21. The van der Waals surface area contributed by atoms with Gasteiger partial charge in [-0.15, -0.1) is 11.8 Å². The lowest BCUT2D eigenvalue weighted by molar-refractivity contribution is -0.121. The van der Waals surface area contributed by atoms with Gasteiger partial charge < -0.3 is 24.4 Å². The Morgan fingerprint density at radius 2 is 1.69 bits per heavy atom. The molecule has 3 aromatic rings. The maximum atomic E-state index is 13.4. The Morgan fingerprint density at radius 1 is 0.972 bits per heavy atom. The standard InChI is InChI=1S/C27H26N2O6S/c1-33-21-13-10-18(14-22(21)34-2)24-15-26(31)29(20-6-4-5-7-23(20)36-24)16-25(30)28-19-11-8-17(9-12-19)27(32)35-3/h4-14,24H,15-16H2,1-3H3,(H,28,30). The number of benzene rings is 3. The van der Waals surface area contributed by atoms with E-state index in [1.807, 2.05) is 42.5 Å². The normalized spacial score (nSPS) is 14.9. The molecule has 0 aromatic heterocycles. The Labute approximate surface area is 213 Å². The molecule has 36 heavy (non-hydrogen) atoms. The van der Waals surface area contributed by atoms with E-state index in [1.54, 1.807) is 50.2 Å². The number of fused-ring (bicyclic) bond motifs is 1. The van der Waals surface area contributed by atoms with Crippen LogP contribution in [0.3, 0.4) is 0 Å². The monoisotopic (exact) mass is 506 g/mol. The molecule has 1 aliphatic rings. The Bertz CT molecular complexity index is 1280. The first-order chi connectivity index (χ1) is 17.4. The van der Waals surface area contributed by atoms with E-state index in [0.29, 0.717) is 28.4 Å². The van der Waals surface area contributed by atoms with Gasteiger partial charge in [0.1, 0.15) is 6.54 Å². The van der Waals surface area contributed by atoms with Crippen LogP contribution in [-0.2, 0) is 14.3 Å². The van der Waals surface area contributed by atoms with Crippen molar-refractivity contribution in [2.75, 3.05) is 38.1 Å². The molecule has 1 unspecified atom stereocenters. The van der Waals surface area contributed by atoms with Gasteiger partial charge in [0, 0.05) is 22.3 Å². The lowest BCUT2D eigenvalue weighted by atomic mass is 10.1. The lowest BCUT2D eigenvalue weighted by Gasteiger charge is -2.22. The topological polar surface area (TPSA) is 94.2 Å². The van der Waals surface area contributed by atoms with Crippen LogP contribution in [0.2, 0.25) is 0 Å². The molecule has 0 radical (unpaired) electrons. The van der Waals surface area contributed by atoms with Gasteiger partial charge in [-0.05, 0) is 54.1 Å². The van der Waals surface area contributed by atoms with Crippen LogP contribution in [-0.4, -0.2) is 45.7 Å². The molecule has 0 saturated heterocycles. The third kappa shape index (κ3) is 5.46. The Kier molecular flexibility index (Phi) is 7.80. The van der Waals surface area contributed by atoms with Crippen LogP contribution in [0.5, 0.6) is 11.5 Å². The fourth-order valence-electron chi connectivity index (χ4n) is 3.94. The van der Waals surface area contributed by atoms with Gasteiger partial charge in [0.2, 0.25) is 11.8 Å². The van der Waals surface area contributed by atoms with Gasteiger partial charge >= 0.3 is 5.97 Å². The molecular formula is C27H26N2O6S. The second-order valence-corrected chi connectivity index (χ2v) is 9.23. The lowest BCUT2D eigenvalue weighted by Crippen LogP contribution is -2.38. The second-order valence-electron chi connectivity index (χ2n) is 7.99.